The molecule has 4 heteroatoms. The van der Waals surface area contributed by atoms with Crippen LogP contribution in [-0.4, -0.2) is 17.5 Å². The number of fused-ring (bicyclic) bond motifs is 2. The summed E-state index contributed by atoms with van der Waals surface area (Å²) in [6.07, 6.45) is 1.81. The average Bonchev–Trinajstić information content (AvgIpc) is 3.26. The van der Waals surface area contributed by atoms with Gasteiger partial charge in [0, 0.05) is 22.6 Å². The second-order valence-electron chi connectivity index (χ2n) is 7.04. The van der Waals surface area contributed by atoms with Gasteiger partial charge >= 0.3 is 0 Å². The van der Waals surface area contributed by atoms with Crippen LogP contribution in [0.5, 0.6) is 5.75 Å². The molecule has 0 bridgehead atoms. The minimum Gasteiger partial charge on any atom is -0.493 e. The zero-order valence-corrected chi connectivity index (χ0v) is 14.3. The Morgan fingerprint density at radius 1 is 1.29 bits per heavy atom. The predicted molar refractivity (Wildman–Crippen MR) is 93.4 cm³/mol. The summed E-state index contributed by atoms with van der Waals surface area (Å²) in [4.78, 5) is 17.3. The van der Waals surface area contributed by atoms with Crippen LogP contribution >= 0.6 is 0 Å². The van der Waals surface area contributed by atoms with E-state index in [1.54, 1.807) is 0 Å². The van der Waals surface area contributed by atoms with Crippen LogP contribution in [0.25, 0.3) is 0 Å². The fraction of sp³-hybridized carbons (Fsp3) is 0.400. The molecule has 4 rings (SSSR count). The van der Waals surface area contributed by atoms with Gasteiger partial charge in [-0.1, -0.05) is 18.2 Å². The van der Waals surface area contributed by atoms with Gasteiger partial charge in [0.2, 0.25) is 5.91 Å². The topological polar surface area (TPSA) is 51.2 Å². The molecule has 2 heterocycles. The number of nitrogens with zero attached hydrogens (tertiary/aromatic N) is 1. The van der Waals surface area contributed by atoms with Crippen molar-refractivity contribution in [1.29, 1.82) is 0 Å². The highest BCUT2D eigenvalue weighted by Crippen LogP contribution is 2.60. The van der Waals surface area contributed by atoms with E-state index in [4.69, 9.17) is 4.74 Å². The average molecular weight is 322 g/mol. The number of para-hydroxylation sites is 1. The van der Waals surface area contributed by atoms with Crippen LogP contribution in [0.2, 0.25) is 0 Å². The van der Waals surface area contributed by atoms with Gasteiger partial charge in [0.25, 0.3) is 0 Å². The lowest BCUT2D eigenvalue weighted by molar-refractivity contribution is -0.117. The number of nitrogens with one attached hydrogen (secondary N) is 1. The summed E-state index contributed by atoms with van der Waals surface area (Å²) in [5.41, 5.74) is 4.92. The lowest BCUT2D eigenvalue weighted by Gasteiger charge is -2.26. The highest BCUT2D eigenvalue weighted by atomic mass is 16.5. The number of carbonyl (C=O) groups is 1. The summed E-state index contributed by atoms with van der Waals surface area (Å²) in [6.45, 7) is 6.62. The van der Waals surface area contributed by atoms with Gasteiger partial charge in [-0.3, -0.25) is 9.78 Å². The maximum absolute atomic E-state index is 12.9. The fourth-order valence-corrected chi connectivity index (χ4v) is 4.13. The fourth-order valence-electron chi connectivity index (χ4n) is 4.13. The maximum Gasteiger partial charge on any atom is 0.228 e. The van der Waals surface area contributed by atoms with Gasteiger partial charge in [-0.15, -0.1) is 0 Å². The molecule has 1 amide bonds. The number of aromatic nitrogens is 1. The number of amides is 1. The van der Waals surface area contributed by atoms with E-state index in [2.05, 4.69) is 16.4 Å². The Morgan fingerprint density at radius 3 is 2.88 bits per heavy atom. The van der Waals surface area contributed by atoms with Crippen molar-refractivity contribution >= 4 is 11.6 Å². The molecule has 1 aliphatic heterocycles. The second-order valence-corrected chi connectivity index (χ2v) is 7.04. The lowest BCUT2D eigenvalue weighted by atomic mass is 9.87. The molecule has 0 saturated heterocycles. The van der Waals surface area contributed by atoms with Crippen molar-refractivity contribution in [3.63, 3.8) is 0 Å². The van der Waals surface area contributed by atoms with Crippen LogP contribution in [-0.2, 0) is 10.2 Å². The minimum absolute atomic E-state index is 0.0163. The van der Waals surface area contributed by atoms with Crippen LogP contribution in [0, 0.1) is 26.7 Å². The molecule has 1 spiro atoms. The zero-order valence-electron chi connectivity index (χ0n) is 14.3. The monoisotopic (exact) mass is 322 g/mol. The molecule has 2 aromatic rings. The third kappa shape index (κ3) is 2.29. The van der Waals surface area contributed by atoms with Gasteiger partial charge < -0.3 is 10.1 Å². The van der Waals surface area contributed by atoms with E-state index in [9.17, 15) is 4.79 Å². The molecule has 1 fully saturated rings. The Balaban J connectivity index is 1.59. The first-order valence-corrected chi connectivity index (χ1v) is 8.49. The SMILES string of the molecule is Cc1cc(C)c(NC(=O)[C@@H]2C[C@]23CCOc2ccccc23)c(C)n1. The first kappa shape index (κ1) is 15.2. The summed E-state index contributed by atoms with van der Waals surface area (Å²) in [7, 11) is 0. The number of benzene rings is 1. The van der Waals surface area contributed by atoms with Crippen molar-refractivity contribution in [2.75, 3.05) is 11.9 Å². The third-order valence-corrected chi connectivity index (χ3v) is 5.39. The standard InChI is InChI=1S/C20H22N2O2/c1-12-10-13(2)21-14(3)18(12)22-19(23)16-11-20(16)8-9-24-17-7-5-4-6-15(17)20/h4-7,10,16H,8-9,11H2,1-3H3,(H,22,23)/t16-,20-/m0/s1. The quantitative estimate of drug-likeness (QED) is 0.917. The van der Waals surface area contributed by atoms with E-state index in [1.165, 1.54) is 5.56 Å². The van der Waals surface area contributed by atoms with E-state index in [-0.39, 0.29) is 17.2 Å². The molecule has 1 aromatic heterocycles. The minimum atomic E-state index is -0.0428. The highest BCUT2D eigenvalue weighted by molar-refractivity contribution is 5.97. The number of anilines is 1. The van der Waals surface area contributed by atoms with Crippen molar-refractivity contribution in [3.8, 4) is 5.75 Å². The first-order chi connectivity index (χ1) is 11.5. The number of hydrogen-bond acceptors (Lipinski definition) is 3. The smallest absolute Gasteiger partial charge is 0.228 e. The molecular formula is C20H22N2O2. The normalized spacial score (nSPS) is 24.2. The number of carbonyl (C=O) groups excluding carboxylic acids is 1. The van der Waals surface area contributed by atoms with Crippen LogP contribution in [0.4, 0.5) is 5.69 Å². The Bertz CT molecular complexity index is 807. The summed E-state index contributed by atoms with van der Waals surface area (Å²) in [5, 5.41) is 3.13. The van der Waals surface area contributed by atoms with Crippen LogP contribution in [0.1, 0.15) is 35.4 Å². The third-order valence-electron chi connectivity index (χ3n) is 5.39. The molecule has 1 saturated carbocycles. The lowest BCUT2D eigenvalue weighted by Crippen LogP contribution is -2.27. The molecule has 1 N–H and O–H groups in total. The zero-order chi connectivity index (χ0) is 16.9. The molecule has 1 aromatic carbocycles. The summed E-state index contributed by atoms with van der Waals surface area (Å²) in [6, 6.07) is 10.1. The molecule has 24 heavy (non-hydrogen) atoms. The molecule has 0 radical (unpaired) electrons. The van der Waals surface area contributed by atoms with Crippen molar-refractivity contribution < 1.29 is 9.53 Å². The number of ether oxygens (including phenoxy) is 1. The predicted octanol–water partition coefficient (Wildman–Crippen LogP) is 3.69. The van der Waals surface area contributed by atoms with E-state index < -0.39 is 0 Å². The summed E-state index contributed by atoms with van der Waals surface area (Å²) < 4.78 is 5.76. The van der Waals surface area contributed by atoms with Gasteiger partial charge in [0.1, 0.15) is 5.75 Å². The highest BCUT2D eigenvalue weighted by Gasteiger charge is 2.61. The molecule has 124 valence electrons. The Morgan fingerprint density at radius 2 is 2.08 bits per heavy atom. The van der Waals surface area contributed by atoms with E-state index in [0.29, 0.717) is 6.61 Å². The number of hydrogen-bond donors (Lipinski definition) is 1. The largest absolute Gasteiger partial charge is 0.493 e. The van der Waals surface area contributed by atoms with Crippen molar-refractivity contribution in [3.05, 3.63) is 52.8 Å². The Labute approximate surface area is 142 Å². The van der Waals surface area contributed by atoms with Gasteiger partial charge in [0.05, 0.1) is 18.0 Å². The van der Waals surface area contributed by atoms with Crippen LogP contribution < -0.4 is 10.1 Å². The number of pyridine rings is 1. The second kappa shape index (κ2) is 5.33. The Kier molecular flexibility index (Phi) is 3.37. The van der Waals surface area contributed by atoms with Crippen LogP contribution in [0.15, 0.2) is 30.3 Å². The summed E-state index contributed by atoms with van der Waals surface area (Å²) >= 11 is 0. The van der Waals surface area contributed by atoms with Gasteiger partial charge in [-0.25, -0.2) is 0 Å². The van der Waals surface area contributed by atoms with E-state index >= 15 is 0 Å². The van der Waals surface area contributed by atoms with Crippen LogP contribution in [0.3, 0.4) is 0 Å². The molecule has 2 atom stereocenters. The van der Waals surface area contributed by atoms with Gasteiger partial charge in [0.15, 0.2) is 0 Å². The first-order valence-electron chi connectivity index (χ1n) is 8.49. The molecular weight excluding hydrogens is 300 g/mol. The van der Waals surface area contributed by atoms with Gasteiger partial charge in [-0.2, -0.15) is 0 Å². The Hall–Kier alpha value is -2.36. The number of aryl methyl sites for hydroxylation is 3. The van der Waals surface area contributed by atoms with E-state index in [0.717, 1.165) is 41.2 Å². The van der Waals surface area contributed by atoms with Gasteiger partial charge in [-0.05, 0) is 51.3 Å². The molecule has 0 unspecified atom stereocenters. The maximum atomic E-state index is 12.9. The van der Waals surface area contributed by atoms with E-state index in [1.807, 2.05) is 45.0 Å². The summed E-state index contributed by atoms with van der Waals surface area (Å²) in [5.74, 6) is 1.05. The number of rotatable bonds is 2. The molecule has 4 nitrogen and oxygen atoms in total. The van der Waals surface area contributed by atoms with Crippen molar-refractivity contribution in [2.45, 2.75) is 39.0 Å². The molecule has 2 aliphatic rings. The van der Waals surface area contributed by atoms with Crippen molar-refractivity contribution in [2.24, 2.45) is 5.92 Å². The van der Waals surface area contributed by atoms with Crippen molar-refractivity contribution in [1.82, 2.24) is 4.98 Å². The molecule has 1 aliphatic carbocycles.